The lowest BCUT2D eigenvalue weighted by Gasteiger charge is -2.13. The first-order chi connectivity index (χ1) is 13.2. The molecule has 28 heavy (non-hydrogen) atoms. The van der Waals surface area contributed by atoms with Gasteiger partial charge in [-0.2, -0.15) is 0 Å². The van der Waals surface area contributed by atoms with Crippen molar-refractivity contribution in [2.45, 2.75) is 19.8 Å². The summed E-state index contributed by atoms with van der Waals surface area (Å²) in [6.07, 6.45) is 1.78. The van der Waals surface area contributed by atoms with Gasteiger partial charge in [-0.1, -0.05) is 18.2 Å². The second-order valence-electron chi connectivity index (χ2n) is 6.42. The van der Waals surface area contributed by atoms with Crippen LogP contribution in [0.2, 0.25) is 0 Å². The number of halogens is 1. The molecular formula is C21H28IN3O3. The zero-order valence-corrected chi connectivity index (χ0v) is 18.9. The van der Waals surface area contributed by atoms with Crippen LogP contribution in [0, 0.1) is 6.92 Å². The first kappa shape index (κ1) is 22.1. The molecule has 0 saturated heterocycles. The summed E-state index contributed by atoms with van der Waals surface area (Å²) in [7, 11) is 3.49. The predicted octanol–water partition coefficient (Wildman–Crippen LogP) is 3.30. The van der Waals surface area contributed by atoms with Crippen LogP contribution in [0.5, 0.6) is 17.2 Å². The molecule has 0 unspecified atom stereocenters. The van der Waals surface area contributed by atoms with Crippen molar-refractivity contribution in [1.82, 2.24) is 10.6 Å². The molecule has 0 saturated carbocycles. The number of nitrogens with zero attached hydrogens (tertiary/aromatic N) is 1. The third-order valence-electron chi connectivity index (χ3n) is 4.55. The van der Waals surface area contributed by atoms with E-state index < -0.39 is 0 Å². The fraction of sp³-hybridized carbons (Fsp3) is 0.381. The lowest BCUT2D eigenvalue weighted by Crippen LogP contribution is -2.39. The highest BCUT2D eigenvalue weighted by Crippen LogP contribution is 2.32. The van der Waals surface area contributed by atoms with Gasteiger partial charge in [-0.05, 0) is 54.7 Å². The Kier molecular flexibility index (Phi) is 8.69. The minimum atomic E-state index is 0. The standard InChI is InChI=1S/C21H27N3O3.HI/c1-15-4-5-16(12-19(15)25-3)8-10-23-21(22-2)24-11-9-17-6-7-18-20(13-17)27-14-26-18;/h4-7,12-13H,8-11,14H2,1-3H3,(H2,22,23,24);1H. The molecule has 0 spiro atoms. The van der Waals surface area contributed by atoms with E-state index in [1.165, 1.54) is 11.1 Å². The van der Waals surface area contributed by atoms with Crippen LogP contribution in [0.3, 0.4) is 0 Å². The molecule has 2 aromatic carbocycles. The van der Waals surface area contributed by atoms with Crippen LogP contribution >= 0.6 is 24.0 Å². The van der Waals surface area contributed by atoms with Gasteiger partial charge in [-0.3, -0.25) is 4.99 Å². The van der Waals surface area contributed by atoms with Crippen LogP contribution in [0.15, 0.2) is 41.4 Å². The number of rotatable bonds is 7. The Morgan fingerprint density at radius 3 is 2.32 bits per heavy atom. The van der Waals surface area contributed by atoms with Gasteiger partial charge in [0, 0.05) is 20.1 Å². The third-order valence-corrected chi connectivity index (χ3v) is 4.55. The number of methoxy groups -OCH3 is 1. The molecule has 0 aromatic heterocycles. The molecule has 3 rings (SSSR count). The maximum atomic E-state index is 5.42. The number of hydrogen-bond donors (Lipinski definition) is 2. The summed E-state index contributed by atoms with van der Waals surface area (Å²) in [6.45, 7) is 3.95. The smallest absolute Gasteiger partial charge is 0.231 e. The maximum absolute atomic E-state index is 5.42. The molecule has 0 bridgehead atoms. The number of aliphatic imine (C=N–C) groups is 1. The normalized spacial score (nSPS) is 12.3. The quantitative estimate of drug-likeness (QED) is 0.349. The van der Waals surface area contributed by atoms with Crippen molar-refractivity contribution < 1.29 is 14.2 Å². The Morgan fingerprint density at radius 2 is 1.64 bits per heavy atom. The molecular weight excluding hydrogens is 469 g/mol. The maximum Gasteiger partial charge on any atom is 0.231 e. The van der Waals surface area contributed by atoms with Gasteiger partial charge in [0.2, 0.25) is 6.79 Å². The molecule has 7 heteroatoms. The van der Waals surface area contributed by atoms with Gasteiger partial charge in [-0.25, -0.2) is 0 Å². The molecule has 1 heterocycles. The molecule has 2 N–H and O–H groups in total. The van der Waals surface area contributed by atoms with Gasteiger partial charge in [0.1, 0.15) is 5.75 Å². The van der Waals surface area contributed by atoms with Crippen molar-refractivity contribution in [3.05, 3.63) is 53.1 Å². The monoisotopic (exact) mass is 497 g/mol. The molecule has 152 valence electrons. The van der Waals surface area contributed by atoms with Crippen molar-refractivity contribution in [2.24, 2.45) is 4.99 Å². The molecule has 2 aromatic rings. The SMILES string of the molecule is CN=C(NCCc1ccc(C)c(OC)c1)NCCc1ccc2c(c1)OCO2.I. The van der Waals surface area contributed by atoms with Gasteiger partial charge in [-0.15, -0.1) is 24.0 Å². The average molecular weight is 497 g/mol. The Bertz CT molecular complexity index is 792. The van der Waals surface area contributed by atoms with Gasteiger partial charge in [0.15, 0.2) is 17.5 Å². The lowest BCUT2D eigenvalue weighted by molar-refractivity contribution is 0.174. The lowest BCUT2D eigenvalue weighted by atomic mass is 10.1. The number of guanidine groups is 1. The molecule has 0 amide bonds. The number of ether oxygens (including phenoxy) is 3. The van der Waals surface area contributed by atoms with Gasteiger partial charge < -0.3 is 24.8 Å². The Labute approximate surface area is 183 Å². The van der Waals surface area contributed by atoms with Crippen LogP contribution in [-0.4, -0.2) is 40.0 Å². The summed E-state index contributed by atoms with van der Waals surface area (Å²) in [5, 5.41) is 6.70. The van der Waals surface area contributed by atoms with E-state index in [1.807, 2.05) is 19.1 Å². The van der Waals surface area contributed by atoms with E-state index >= 15 is 0 Å². The Balaban J connectivity index is 0.00000280. The molecule has 1 aliphatic rings. The van der Waals surface area contributed by atoms with Gasteiger partial charge in [0.25, 0.3) is 0 Å². The highest BCUT2D eigenvalue weighted by atomic mass is 127. The summed E-state index contributed by atoms with van der Waals surface area (Å²) < 4.78 is 16.1. The van der Waals surface area contributed by atoms with Crippen LogP contribution in [0.25, 0.3) is 0 Å². The summed E-state index contributed by atoms with van der Waals surface area (Å²) in [4.78, 5) is 4.28. The molecule has 0 aliphatic carbocycles. The average Bonchev–Trinajstić information content (AvgIpc) is 3.16. The minimum absolute atomic E-state index is 0. The van der Waals surface area contributed by atoms with Crippen molar-refractivity contribution in [3.8, 4) is 17.2 Å². The summed E-state index contributed by atoms with van der Waals surface area (Å²) in [5.41, 5.74) is 3.59. The molecule has 1 aliphatic heterocycles. The fourth-order valence-electron chi connectivity index (χ4n) is 2.99. The summed E-state index contributed by atoms with van der Waals surface area (Å²) in [5.74, 6) is 3.37. The predicted molar refractivity (Wildman–Crippen MR) is 122 cm³/mol. The number of benzene rings is 2. The topological polar surface area (TPSA) is 64.1 Å². The van der Waals surface area contributed by atoms with Crippen molar-refractivity contribution in [2.75, 3.05) is 34.0 Å². The van der Waals surface area contributed by atoms with Crippen LogP contribution < -0.4 is 24.8 Å². The number of aryl methyl sites for hydroxylation is 1. The number of hydrogen-bond acceptors (Lipinski definition) is 4. The number of nitrogens with one attached hydrogen (secondary N) is 2. The van der Waals surface area contributed by atoms with Gasteiger partial charge >= 0.3 is 0 Å². The van der Waals surface area contributed by atoms with E-state index in [-0.39, 0.29) is 24.0 Å². The molecule has 0 radical (unpaired) electrons. The van der Waals surface area contributed by atoms with E-state index in [9.17, 15) is 0 Å². The largest absolute Gasteiger partial charge is 0.496 e. The second-order valence-corrected chi connectivity index (χ2v) is 6.42. The fourth-order valence-corrected chi connectivity index (χ4v) is 2.99. The third kappa shape index (κ3) is 5.92. The zero-order chi connectivity index (χ0) is 19.1. The highest BCUT2D eigenvalue weighted by molar-refractivity contribution is 14.0. The second kappa shape index (κ2) is 11.0. The highest BCUT2D eigenvalue weighted by Gasteiger charge is 2.12. The van der Waals surface area contributed by atoms with Crippen molar-refractivity contribution >= 4 is 29.9 Å². The Hall–Kier alpha value is -2.16. The van der Waals surface area contributed by atoms with Crippen molar-refractivity contribution in [3.63, 3.8) is 0 Å². The zero-order valence-electron chi connectivity index (χ0n) is 16.6. The molecule has 6 nitrogen and oxygen atoms in total. The van der Waals surface area contributed by atoms with Gasteiger partial charge in [0.05, 0.1) is 7.11 Å². The molecule has 0 atom stereocenters. The molecule has 0 fully saturated rings. The summed E-state index contributed by atoms with van der Waals surface area (Å²) >= 11 is 0. The first-order valence-electron chi connectivity index (χ1n) is 9.16. The van der Waals surface area contributed by atoms with E-state index in [1.54, 1.807) is 14.2 Å². The van der Waals surface area contributed by atoms with E-state index in [0.29, 0.717) is 6.79 Å². The van der Waals surface area contributed by atoms with E-state index in [0.717, 1.165) is 54.7 Å². The van der Waals surface area contributed by atoms with Crippen molar-refractivity contribution in [1.29, 1.82) is 0 Å². The summed E-state index contributed by atoms with van der Waals surface area (Å²) in [6, 6.07) is 12.4. The van der Waals surface area contributed by atoms with Crippen LogP contribution in [0.4, 0.5) is 0 Å². The van der Waals surface area contributed by atoms with Crippen LogP contribution in [0.1, 0.15) is 16.7 Å². The number of fused-ring (bicyclic) bond motifs is 1. The Morgan fingerprint density at radius 1 is 1.00 bits per heavy atom. The van der Waals surface area contributed by atoms with E-state index in [2.05, 4.69) is 39.9 Å². The van der Waals surface area contributed by atoms with E-state index in [4.69, 9.17) is 14.2 Å². The first-order valence-corrected chi connectivity index (χ1v) is 9.16. The minimum Gasteiger partial charge on any atom is -0.496 e. The van der Waals surface area contributed by atoms with Crippen LogP contribution in [-0.2, 0) is 12.8 Å².